The molecule has 1 heterocycles. The molecule has 1 aromatic rings. The van der Waals surface area contributed by atoms with Crippen molar-refractivity contribution in [3.63, 3.8) is 0 Å². The lowest BCUT2D eigenvalue weighted by Crippen LogP contribution is -1.78. The summed E-state index contributed by atoms with van der Waals surface area (Å²) in [6.07, 6.45) is 1.87. The molecule has 0 aromatic carbocycles. The van der Waals surface area contributed by atoms with E-state index in [9.17, 15) is 0 Å². The van der Waals surface area contributed by atoms with Gasteiger partial charge in [0.2, 0.25) is 0 Å². The minimum atomic E-state index is 1.00. The van der Waals surface area contributed by atoms with Gasteiger partial charge in [0.25, 0.3) is 0 Å². The normalized spacial score (nSPS) is 7.00. The van der Waals surface area contributed by atoms with Gasteiger partial charge >= 0.3 is 0 Å². The SMILES string of the molecule is C=C.CO.Cc1ccc(C)nc1. The van der Waals surface area contributed by atoms with E-state index in [1.54, 1.807) is 0 Å². The number of hydrogen-bond acceptors (Lipinski definition) is 2. The van der Waals surface area contributed by atoms with E-state index >= 15 is 0 Å². The van der Waals surface area contributed by atoms with Crippen LogP contribution in [0, 0.1) is 13.8 Å². The Morgan fingerprint density at radius 1 is 1.17 bits per heavy atom. The van der Waals surface area contributed by atoms with E-state index in [-0.39, 0.29) is 0 Å². The fraction of sp³-hybridized carbons (Fsp3) is 0.300. The molecule has 0 spiro atoms. The highest BCUT2D eigenvalue weighted by Crippen LogP contribution is 1.94. The third-order valence-electron chi connectivity index (χ3n) is 1.06. The number of aromatic nitrogens is 1. The summed E-state index contributed by atoms with van der Waals surface area (Å²) >= 11 is 0. The molecule has 1 N–H and O–H groups in total. The van der Waals surface area contributed by atoms with E-state index in [4.69, 9.17) is 5.11 Å². The average molecular weight is 167 g/mol. The zero-order valence-corrected chi connectivity index (χ0v) is 8.04. The van der Waals surface area contributed by atoms with Crippen LogP contribution in [0.15, 0.2) is 31.5 Å². The summed E-state index contributed by atoms with van der Waals surface area (Å²) < 4.78 is 0. The van der Waals surface area contributed by atoms with Crippen LogP contribution in [-0.2, 0) is 0 Å². The minimum absolute atomic E-state index is 1.00. The Labute approximate surface area is 74.6 Å². The third kappa shape index (κ3) is 6.96. The van der Waals surface area contributed by atoms with Gasteiger partial charge in [0, 0.05) is 19.0 Å². The van der Waals surface area contributed by atoms with Crippen molar-refractivity contribution in [1.29, 1.82) is 0 Å². The highest BCUT2D eigenvalue weighted by atomic mass is 16.2. The first-order chi connectivity index (χ1) is 5.79. The van der Waals surface area contributed by atoms with Crippen molar-refractivity contribution in [3.05, 3.63) is 42.7 Å². The summed E-state index contributed by atoms with van der Waals surface area (Å²) in [6.45, 7) is 10.0. The summed E-state index contributed by atoms with van der Waals surface area (Å²) in [6, 6.07) is 4.07. The molecule has 1 aromatic heterocycles. The smallest absolute Gasteiger partial charge is 0.0372 e. The van der Waals surface area contributed by atoms with Crippen molar-refractivity contribution in [3.8, 4) is 0 Å². The molecule has 0 aliphatic heterocycles. The quantitative estimate of drug-likeness (QED) is 0.600. The van der Waals surface area contributed by atoms with Gasteiger partial charge in [-0.2, -0.15) is 0 Å². The maximum Gasteiger partial charge on any atom is 0.0372 e. The van der Waals surface area contributed by atoms with Gasteiger partial charge in [-0.25, -0.2) is 0 Å². The Morgan fingerprint density at radius 2 is 1.67 bits per heavy atom. The lowest BCUT2D eigenvalue weighted by atomic mass is 10.3. The van der Waals surface area contributed by atoms with Gasteiger partial charge in [-0.1, -0.05) is 6.07 Å². The number of nitrogens with zero attached hydrogens (tertiary/aromatic N) is 1. The average Bonchev–Trinajstić information content (AvgIpc) is 2.17. The number of rotatable bonds is 0. The summed E-state index contributed by atoms with van der Waals surface area (Å²) in [4.78, 5) is 4.08. The molecule has 0 amide bonds. The van der Waals surface area contributed by atoms with Crippen molar-refractivity contribution in [2.24, 2.45) is 0 Å². The monoisotopic (exact) mass is 167 g/mol. The number of pyridine rings is 1. The largest absolute Gasteiger partial charge is 0.400 e. The molecule has 12 heavy (non-hydrogen) atoms. The van der Waals surface area contributed by atoms with E-state index in [1.807, 2.05) is 26.1 Å². The number of aryl methyl sites for hydroxylation is 2. The highest BCUT2D eigenvalue weighted by Gasteiger charge is 1.81. The van der Waals surface area contributed by atoms with Crippen LogP contribution in [0.5, 0.6) is 0 Å². The fourth-order valence-electron chi connectivity index (χ4n) is 0.542. The first-order valence-electron chi connectivity index (χ1n) is 3.63. The first-order valence-corrected chi connectivity index (χ1v) is 3.63. The molecule has 0 aliphatic carbocycles. The molecule has 0 radical (unpaired) electrons. The van der Waals surface area contributed by atoms with Crippen LogP contribution in [0.4, 0.5) is 0 Å². The molecule has 0 saturated carbocycles. The van der Waals surface area contributed by atoms with Gasteiger partial charge in [-0.05, 0) is 25.5 Å². The fourth-order valence-corrected chi connectivity index (χ4v) is 0.542. The minimum Gasteiger partial charge on any atom is -0.400 e. The van der Waals surface area contributed by atoms with Crippen molar-refractivity contribution in [2.75, 3.05) is 7.11 Å². The van der Waals surface area contributed by atoms with Gasteiger partial charge in [0.05, 0.1) is 0 Å². The molecular weight excluding hydrogens is 150 g/mol. The molecule has 0 saturated heterocycles. The Bertz CT molecular complexity index is 161. The lowest BCUT2D eigenvalue weighted by Gasteiger charge is -1.89. The Kier molecular flexibility index (Phi) is 11.0. The van der Waals surface area contributed by atoms with Gasteiger partial charge < -0.3 is 5.11 Å². The molecule has 0 fully saturated rings. The van der Waals surface area contributed by atoms with Gasteiger partial charge in [-0.3, -0.25) is 4.98 Å². The zero-order chi connectivity index (χ0) is 9.98. The summed E-state index contributed by atoms with van der Waals surface area (Å²) in [5, 5.41) is 7.00. The second-order valence-electron chi connectivity index (χ2n) is 1.98. The first kappa shape index (κ1) is 13.4. The van der Waals surface area contributed by atoms with E-state index in [0.717, 1.165) is 12.8 Å². The zero-order valence-electron chi connectivity index (χ0n) is 8.04. The molecule has 68 valence electrons. The van der Waals surface area contributed by atoms with Crippen molar-refractivity contribution in [2.45, 2.75) is 13.8 Å². The van der Waals surface area contributed by atoms with Crippen molar-refractivity contribution < 1.29 is 5.11 Å². The molecule has 0 atom stereocenters. The van der Waals surface area contributed by atoms with Crippen LogP contribution in [0.25, 0.3) is 0 Å². The standard InChI is InChI=1S/C7H9N.C2H4.CH4O/c1-6-3-4-7(2)8-5-6;2*1-2/h3-5H,1-2H3;1-2H2;2H,1H3. The van der Waals surface area contributed by atoms with E-state index in [0.29, 0.717) is 0 Å². The maximum atomic E-state index is 7.00. The number of aliphatic hydroxyl groups excluding tert-OH is 1. The predicted octanol–water partition coefficient (Wildman–Crippen LogP) is 2.11. The maximum absolute atomic E-state index is 7.00. The van der Waals surface area contributed by atoms with Gasteiger partial charge in [0.1, 0.15) is 0 Å². The Morgan fingerprint density at radius 3 is 1.92 bits per heavy atom. The summed E-state index contributed by atoms with van der Waals surface area (Å²) in [7, 11) is 1.00. The Hall–Kier alpha value is -1.15. The van der Waals surface area contributed by atoms with Crippen LogP contribution in [0.1, 0.15) is 11.3 Å². The molecular formula is C10H17NO. The third-order valence-corrected chi connectivity index (χ3v) is 1.06. The van der Waals surface area contributed by atoms with Crippen molar-refractivity contribution >= 4 is 0 Å². The Balaban J connectivity index is 0. The molecule has 2 heteroatoms. The molecule has 1 rings (SSSR count). The molecule has 0 aliphatic rings. The topological polar surface area (TPSA) is 33.1 Å². The molecule has 0 bridgehead atoms. The highest BCUT2D eigenvalue weighted by molar-refractivity contribution is 5.10. The summed E-state index contributed by atoms with van der Waals surface area (Å²) in [5.74, 6) is 0. The lowest BCUT2D eigenvalue weighted by molar-refractivity contribution is 0.399. The number of aliphatic hydroxyl groups is 1. The van der Waals surface area contributed by atoms with Crippen LogP contribution in [-0.4, -0.2) is 17.2 Å². The van der Waals surface area contributed by atoms with Gasteiger partial charge in [-0.15, -0.1) is 13.2 Å². The van der Waals surface area contributed by atoms with Crippen LogP contribution < -0.4 is 0 Å². The second-order valence-corrected chi connectivity index (χ2v) is 1.98. The molecule has 0 unspecified atom stereocenters. The van der Waals surface area contributed by atoms with Gasteiger partial charge in [0.15, 0.2) is 0 Å². The van der Waals surface area contributed by atoms with Crippen LogP contribution in [0.3, 0.4) is 0 Å². The van der Waals surface area contributed by atoms with E-state index < -0.39 is 0 Å². The summed E-state index contributed by atoms with van der Waals surface area (Å²) in [5.41, 5.74) is 2.30. The van der Waals surface area contributed by atoms with Crippen molar-refractivity contribution in [1.82, 2.24) is 4.98 Å². The predicted molar refractivity (Wildman–Crippen MR) is 53.1 cm³/mol. The van der Waals surface area contributed by atoms with E-state index in [1.165, 1.54) is 5.56 Å². The van der Waals surface area contributed by atoms with Crippen LogP contribution in [0.2, 0.25) is 0 Å². The molecule has 2 nitrogen and oxygen atoms in total. The van der Waals surface area contributed by atoms with E-state index in [2.05, 4.69) is 24.2 Å². The van der Waals surface area contributed by atoms with Crippen LogP contribution >= 0.6 is 0 Å². The number of hydrogen-bond donors (Lipinski definition) is 1. The second kappa shape index (κ2) is 9.85.